The molecule has 0 bridgehead atoms. The Morgan fingerprint density at radius 3 is 2.53 bits per heavy atom. The van der Waals surface area contributed by atoms with E-state index >= 15 is 0 Å². The van der Waals surface area contributed by atoms with Crippen molar-refractivity contribution in [3.8, 4) is 5.75 Å². The Labute approximate surface area is 93.0 Å². The molecule has 0 aliphatic carbocycles. The lowest BCUT2D eigenvalue weighted by molar-refractivity contribution is 0.0597. The lowest BCUT2D eigenvalue weighted by Crippen LogP contribution is -2.12. The third-order valence-electron chi connectivity index (χ3n) is 1.89. The van der Waals surface area contributed by atoms with Crippen LogP contribution in [0.2, 0.25) is 0 Å². The van der Waals surface area contributed by atoms with Crippen molar-refractivity contribution in [3.63, 3.8) is 0 Å². The van der Waals surface area contributed by atoms with Crippen LogP contribution in [0, 0.1) is 0 Å². The van der Waals surface area contributed by atoms with E-state index in [2.05, 4.69) is 4.74 Å². The van der Waals surface area contributed by atoms with Crippen molar-refractivity contribution >= 4 is 23.2 Å². The fraction of sp³-hybridized carbons (Fsp3) is 0.200. The van der Waals surface area contributed by atoms with Crippen molar-refractivity contribution in [2.24, 2.45) is 5.73 Å². The monoisotopic (exact) mass is 225 g/mol. The fourth-order valence-corrected chi connectivity index (χ4v) is 1.26. The zero-order chi connectivity index (χ0) is 11.4. The third-order valence-corrected chi connectivity index (χ3v) is 2.13. The SMILES string of the molecule is COC(=O)c1cc(C(N)=S)ccc1OC. The second-order valence-electron chi connectivity index (χ2n) is 2.77. The summed E-state index contributed by atoms with van der Waals surface area (Å²) in [6.45, 7) is 0. The van der Waals surface area contributed by atoms with Gasteiger partial charge in [0.25, 0.3) is 0 Å². The number of esters is 1. The van der Waals surface area contributed by atoms with Crippen LogP contribution in [-0.2, 0) is 4.74 Å². The van der Waals surface area contributed by atoms with Gasteiger partial charge in [0.05, 0.1) is 14.2 Å². The summed E-state index contributed by atoms with van der Waals surface area (Å²) in [5.74, 6) is -0.0493. The molecule has 0 saturated heterocycles. The first-order valence-electron chi connectivity index (χ1n) is 4.16. The van der Waals surface area contributed by atoms with Gasteiger partial charge in [0.15, 0.2) is 0 Å². The number of carbonyl (C=O) groups is 1. The Bertz CT molecular complexity index is 404. The molecule has 0 heterocycles. The molecular formula is C10H11NO3S. The number of hydrogen-bond donors (Lipinski definition) is 1. The van der Waals surface area contributed by atoms with Crippen LogP contribution in [0.25, 0.3) is 0 Å². The highest BCUT2D eigenvalue weighted by molar-refractivity contribution is 7.80. The van der Waals surface area contributed by atoms with E-state index in [1.165, 1.54) is 14.2 Å². The quantitative estimate of drug-likeness (QED) is 0.617. The predicted octanol–water partition coefficient (Wildman–Crippen LogP) is 1.12. The summed E-state index contributed by atoms with van der Waals surface area (Å²) in [4.78, 5) is 11.6. The molecule has 5 heteroatoms. The summed E-state index contributed by atoms with van der Waals surface area (Å²) < 4.78 is 9.63. The number of rotatable bonds is 3. The molecule has 15 heavy (non-hydrogen) atoms. The molecule has 1 aromatic carbocycles. The largest absolute Gasteiger partial charge is 0.496 e. The van der Waals surface area contributed by atoms with Gasteiger partial charge < -0.3 is 15.2 Å². The number of nitrogens with two attached hydrogens (primary N) is 1. The Morgan fingerprint density at radius 2 is 2.07 bits per heavy atom. The molecule has 80 valence electrons. The summed E-state index contributed by atoms with van der Waals surface area (Å²) in [7, 11) is 2.78. The molecule has 1 rings (SSSR count). The van der Waals surface area contributed by atoms with Gasteiger partial charge in [-0.15, -0.1) is 0 Å². The van der Waals surface area contributed by atoms with Gasteiger partial charge in [-0.25, -0.2) is 4.79 Å². The summed E-state index contributed by atoms with van der Waals surface area (Å²) in [6.07, 6.45) is 0. The number of thiocarbonyl (C=S) groups is 1. The van der Waals surface area contributed by atoms with E-state index in [9.17, 15) is 4.79 Å². The molecule has 0 aliphatic rings. The van der Waals surface area contributed by atoms with Crippen molar-refractivity contribution in [3.05, 3.63) is 29.3 Å². The van der Waals surface area contributed by atoms with E-state index in [0.29, 0.717) is 16.9 Å². The molecule has 0 spiro atoms. The number of benzene rings is 1. The zero-order valence-electron chi connectivity index (χ0n) is 8.44. The van der Waals surface area contributed by atoms with Crippen LogP contribution >= 0.6 is 12.2 Å². The Hall–Kier alpha value is -1.62. The molecular weight excluding hydrogens is 214 g/mol. The molecule has 0 radical (unpaired) electrons. The lowest BCUT2D eigenvalue weighted by Gasteiger charge is -2.08. The van der Waals surface area contributed by atoms with Gasteiger partial charge >= 0.3 is 5.97 Å². The summed E-state index contributed by atoms with van der Waals surface area (Å²) >= 11 is 4.81. The molecule has 1 aromatic rings. The van der Waals surface area contributed by atoms with Crippen molar-refractivity contribution < 1.29 is 14.3 Å². The smallest absolute Gasteiger partial charge is 0.341 e. The molecule has 2 N–H and O–H groups in total. The van der Waals surface area contributed by atoms with Gasteiger partial charge in [-0.1, -0.05) is 12.2 Å². The van der Waals surface area contributed by atoms with E-state index in [0.717, 1.165) is 0 Å². The van der Waals surface area contributed by atoms with Gasteiger partial charge in [-0.3, -0.25) is 0 Å². The zero-order valence-corrected chi connectivity index (χ0v) is 9.26. The van der Waals surface area contributed by atoms with Crippen molar-refractivity contribution in [2.45, 2.75) is 0 Å². The van der Waals surface area contributed by atoms with Gasteiger partial charge in [-0.2, -0.15) is 0 Å². The van der Waals surface area contributed by atoms with Crippen LogP contribution in [0.15, 0.2) is 18.2 Å². The number of methoxy groups -OCH3 is 2. The van der Waals surface area contributed by atoms with Crippen LogP contribution in [0.1, 0.15) is 15.9 Å². The minimum absolute atomic E-state index is 0.225. The van der Waals surface area contributed by atoms with E-state index in [-0.39, 0.29) is 4.99 Å². The summed E-state index contributed by atoms with van der Waals surface area (Å²) in [5.41, 5.74) is 6.37. The van der Waals surface area contributed by atoms with Gasteiger partial charge in [-0.05, 0) is 18.2 Å². The second-order valence-corrected chi connectivity index (χ2v) is 3.21. The van der Waals surface area contributed by atoms with Gasteiger partial charge in [0.1, 0.15) is 16.3 Å². The molecule has 4 nitrogen and oxygen atoms in total. The highest BCUT2D eigenvalue weighted by Gasteiger charge is 2.13. The first-order chi connectivity index (χ1) is 7.10. The Balaban J connectivity index is 3.25. The summed E-state index contributed by atoms with van der Waals surface area (Å²) in [5, 5.41) is 0. The Kier molecular flexibility index (Phi) is 3.62. The minimum Gasteiger partial charge on any atom is -0.496 e. The van der Waals surface area contributed by atoms with E-state index in [1.807, 2.05) is 0 Å². The first-order valence-corrected chi connectivity index (χ1v) is 4.57. The van der Waals surface area contributed by atoms with E-state index in [4.69, 9.17) is 22.7 Å². The maximum atomic E-state index is 11.4. The van der Waals surface area contributed by atoms with Crippen LogP contribution in [-0.4, -0.2) is 25.2 Å². The third kappa shape index (κ3) is 2.44. The van der Waals surface area contributed by atoms with Gasteiger partial charge in [0, 0.05) is 5.56 Å². The molecule has 0 aliphatic heterocycles. The topological polar surface area (TPSA) is 61.5 Å². The Morgan fingerprint density at radius 1 is 1.40 bits per heavy atom. The molecule has 0 atom stereocenters. The predicted molar refractivity (Wildman–Crippen MR) is 60.2 cm³/mol. The maximum Gasteiger partial charge on any atom is 0.341 e. The van der Waals surface area contributed by atoms with Crippen molar-refractivity contribution in [1.82, 2.24) is 0 Å². The number of carbonyl (C=O) groups excluding carboxylic acids is 1. The molecule has 0 saturated carbocycles. The van der Waals surface area contributed by atoms with Crippen LogP contribution in [0.4, 0.5) is 0 Å². The van der Waals surface area contributed by atoms with Crippen molar-refractivity contribution in [2.75, 3.05) is 14.2 Å². The lowest BCUT2D eigenvalue weighted by atomic mass is 10.1. The second kappa shape index (κ2) is 4.75. The molecule has 0 fully saturated rings. The van der Waals surface area contributed by atoms with Crippen LogP contribution in [0.5, 0.6) is 5.75 Å². The molecule has 0 unspecified atom stereocenters. The van der Waals surface area contributed by atoms with Gasteiger partial charge in [0.2, 0.25) is 0 Å². The highest BCUT2D eigenvalue weighted by atomic mass is 32.1. The normalized spacial score (nSPS) is 9.47. The average Bonchev–Trinajstić information content (AvgIpc) is 2.27. The maximum absolute atomic E-state index is 11.4. The van der Waals surface area contributed by atoms with E-state index < -0.39 is 5.97 Å². The minimum atomic E-state index is -0.482. The fourth-order valence-electron chi connectivity index (χ4n) is 1.13. The average molecular weight is 225 g/mol. The van der Waals surface area contributed by atoms with Crippen molar-refractivity contribution in [1.29, 1.82) is 0 Å². The standard InChI is InChI=1S/C10H11NO3S/c1-13-8-4-3-6(9(11)15)5-7(8)10(12)14-2/h3-5H,1-2H3,(H2,11,15). The van der Waals surface area contributed by atoms with Crippen LogP contribution in [0.3, 0.4) is 0 Å². The number of hydrogen-bond acceptors (Lipinski definition) is 4. The number of ether oxygens (including phenoxy) is 2. The highest BCUT2D eigenvalue weighted by Crippen LogP contribution is 2.20. The molecule has 0 aromatic heterocycles. The summed E-state index contributed by atoms with van der Waals surface area (Å²) in [6, 6.07) is 4.86. The molecule has 0 amide bonds. The van der Waals surface area contributed by atoms with Crippen LogP contribution < -0.4 is 10.5 Å². The first kappa shape index (κ1) is 11.5. The van der Waals surface area contributed by atoms with E-state index in [1.54, 1.807) is 18.2 Å².